The van der Waals surface area contributed by atoms with Crippen LogP contribution in [-0.2, 0) is 9.53 Å². The van der Waals surface area contributed by atoms with Crippen LogP contribution in [0.15, 0.2) is 0 Å². The molecule has 0 fully saturated rings. The Hall–Kier alpha value is -0.690. The lowest BCUT2D eigenvalue weighted by Gasteiger charge is -2.16. The van der Waals surface area contributed by atoms with E-state index in [0.29, 0.717) is 0 Å². The van der Waals surface area contributed by atoms with Crippen molar-refractivity contribution in [1.29, 1.82) is 0 Å². The number of carboxylic acids is 1. The van der Waals surface area contributed by atoms with E-state index in [1.165, 1.54) is 0 Å². The monoisotopic (exact) mass is 151 g/mol. The molecule has 0 saturated heterocycles. The van der Waals surface area contributed by atoms with Crippen molar-refractivity contribution in [3.8, 4) is 0 Å². The van der Waals surface area contributed by atoms with Crippen LogP contribution < -0.4 is 5.11 Å². The van der Waals surface area contributed by atoms with Crippen molar-refractivity contribution >= 4 is 5.97 Å². The summed E-state index contributed by atoms with van der Waals surface area (Å²) in [5.74, 6) is -1.86. The molecule has 0 aliphatic rings. The van der Waals surface area contributed by atoms with Gasteiger partial charge < -0.3 is 30.0 Å². The first-order chi connectivity index (χ1) is 4.59. The number of aliphatic hydroxyl groups excluding tert-OH is 3. The van der Waals surface area contributed by atoms with Crippen molar-refractivity contribution in [2.75, 3.05) is 6.79 Å². The predicted molar refractivity (Wildman–Crippen MR) is 25.2 cm³/mol. The van der Waals surface area contributed by atoms with Crippen LogP contribution in [0.1, 0.15) is 0 Å². The van der Waals surface area contributed by atoms with Crippen molar-refractivity contribution < 1.29 is 30.0 Å². The molecular formula is C4H7O6-. The molecule has 6 nitrogen and oxygen atoms in total. The van der Waals surface area contributed by atoms with Gasteiger partial charge in [0, 0.05) is 0 Å². The summed E-state index contributed by atoms with van der Waals surface area (Å²) < 4.78 is 3.91. The Bertz CT molecular complexity index is 112. The molecule has 0 aromatic heterocycles. The van der Waals surface area contributed by atoms with E-state index in [9.17, 15) is 9.90 Å². The highest BCUT2D eigenvalue weighted by Gasteiger charge is 2.16. The molecule has 0 spiro atoms. The molecule has 60 valence electrons. The Morgan fingerprint density at radius 1 is 1.60 bits per heavy atom. The number of carbonyl (C=O) groups is 1. The Kier molecular flexibility index (Phi) is 3.89. The van der Waals surface area contributed by atoms with Crippen LogP contribution in [0.2, 0.25) is 0 Å². The highest BCUT2D eigenvalue weighted by molar-refractivity contribution is 5.70. The molecule has 0 heterocycles. The Morgan fingerprint density at radius 2 is 2.10 bits per heavy atom. The molecule has 2 atom stereocenters. The number of rotatable bonds is 4. The average molecular weight is 151 g/mol. The highest BCUT2D eigenvalue weighted by atomic mass is 16.7. The fraction of sp³-hybridized carbons (Fsp3) is 0.750. The first kappa shape index (κ1) is 9.31. The van der Waals surface area contributed by atoms with E-state index < -0.39 is 25.2 Å². The predicted octanol–water partition coefficient (Wildman–Crippen LogP) is -3.62. The maximum absolute atomic E-state index is 9.73. The van der Waals surface area contributed by atoms with E-state index in [4.69, 9.17) is 15.3 Å². The molecule has 10 heavy (non-hydrogen) atoms. The zero-order valence-electron chi connectivity index (χ0n) is 4.93. The Balaban J connectivity index is 3.69. The maximum Gasteiger partial charge on any atom is 0.189 e. The van der Waals surface area contributed by atoms with E-state index in [1.54, 1.807) is 0 Å². The minimum atomic E-state index is -2.13. The molecule has 6 heteroatoms. The van der Waals surface area contributed by atoms with Crippen LogP contribution in [0.25, 0.3) is 0 Å². The van der Waals surface area contributed by atoms with Gasteiger partial charge in [-0.15, -0.1) is 0 Å². The van der Waals surface area contributed by atoms with Gasteiger partial charge in [-0.2, -0.15) is 0 Å². The number of hydrogen-bond donors (Lipinski definition) is 3. The van der Waals surface area contributed by atoms with Crippen molar-refractivity contribution in [1.82, 2.24) is 0 Å². The minimum absolute atomic E-state index is 0.870. The van der Waals surface area contributed by atoms with E-state index in [0.717, 1.165) is 0 Å². The van der Waals surface area contributed by atoms with E-state index in [2.05, 4.69) is 4.74 Å². The molecule has 3 N–H and O–H groups in total. The fourth-order valence-corrected chi connectivity index (χ4v) is 0.284. The summed E-state index contributed by atoms with van der Waals surface area (Å²) in [7, 11) is 0. The zero-order valence-corrected chi connectivity index (χ0v) is 4.93. The first-order valence-electron chi connectivity index (χ1n) is 2.39. The number of aliphatic carboxylic acids is 1. The standard InChI is InChI=1S/C4H8O6/c5-1-10-4(9)2(6)3(7)8/h2,4-6,9H,1H2,(H,7,8)/p-1/t2-,4-/m0/s1. The molecular weight excluding hydrogens is 144 g/mol. The lowest BCUT2D eigenvalue weighted by Crippen LogP contribution is -2.44. The molecule has 0 aromatic rings. The average Bonchev–Trinajstić information content (AvgIpc) is 1.87. The Morgan fingerprint density at radius 3 is 2.40 bits per heavy atom. The summed E-state index contributed by atoms with van der Waals surface area (Å²) in [6.45, 7) is -0.870. The SMILES string of the molecule is O=C([O-])[C@H](O)[C@@H](O)OCO. The van der Waals surface area contributed by atoms with Gasteiger partial charge in [-0.25, -0.2) is 0 Å². The topological polar surface area (TPSA) is 110 Å². The fourth-order valence-electron chi connectivity index (χ4n) is 0.284. The second-order valence-corrected chi connectivity index (χ2v) is 1.45. The van der Waals surface area contributed by atoms with Crippen molar-refractivity contribution in [3.05, 3.63) is 0 Å². The summed E-state index contributed by atoms with van der Waals surface area (Å²) in [5, 5.41) is 34.5. The smallest absolute Gasteiger partial charge is 0.189 e. The van der Waals surface area contributed by atoms with Crippen LogP contribution >= 0.6 is 0 Å². The lowest BCUT2D eigenvalue weighted by molar-refractivity contribution is -0.326. The summed E-state index contributed by atoms with van der Waals surface area (Å²) in [5.41, 5.74) is 0. The molecule has 0 amide bonds. The molecule has 0 unspecified atom stereocenters. The second kappa shape index (κ2) is 4.18. The first-order valence-corrected chi connectivity index (χ1v) is 2.39. The van der Waals surface area contributed by atoms with Crippen LogP contribution in [0.3, 0.4) is 0 Å². The zero-order chi connectivity index (χ0) is 8.15. The largest absolute Gasteiger partial charge is 0.547 e. The van der Waals surface area contributed by atoms with Crippen molar-refractivity contribution in [3.63, 3.8) is 0 Å². The number of carboxylic acid groups (broad SMARTS) is 1. The molecule has 0 saturated carbocycles. The molecule has 0 aliphatic carbocycles. The van der Waals surface area contributed by atoms with Gasteiger partial charge in [-0.3, -0.25) is 0 Å². The van der Waals surface area contributed by atoms with Gasteiger partial charge in [0.25, 0.3) is 0 Å². The highest BCUT2D eigenvalue weighted by Crippen LogP contribution is 1.92. The van der Waals surface area contributed by atoms with Gasteiger partial charge in [0.05, 0.1) is 5.97 Å². The van der Waals surface area contributed by atoms with E-state index in [-0.39, 0.29) is 0 Å². The van der Waals surface area contributed by atoms with E-state index in [1.807, 2.05) is 0 Å². The van der Waals surface area contributed by atoms with Gasteiger partial charge in [0.2, 0.25) is 0 Å². The van der Waals surface area contributed by atoms with Crippen LogP contribution in [0, 0.1) is 0 Å². The number of aliphatic hydroxyl groups is 3. The molecule has 0 radical (unpaired) electrons. The second-order valence-electron chi connectivity index (χ2n) is 1.45. The quantitative estimate of drug-likeness (QED) is 0.358. The molecule has 0 aliphatic heterocycles. The third-order valence-corrected chi connectivity index (χ3v) is 0.757. The molecule has 0 aromatic carbocycles. The van der Waals surface area contributed by atoms with Crippen LogP contribution in [0.4, 0.5) is 0 Å². The third kappa shape index (κ3) is 2.74. The third-order valence-electron chi connectivity index (χ3n) is 0.757. The van der Waals surface area contributed by atoms with Crippen LogP contribution in [0.5, 0.6) is 0 Å². The maximum atomic E-state index is 9.73. The Labute approximate surface area is 56.3 Å². The summed E-state index contributed by atoms with van der Waals surface area (Å²) in [6.07, 6.45) is -4.08. The summed E-state index contributed by atoms with van der Waals surface area (Å²) in [6, 6.07) is 0. The van der Waals surface area contributed by atoms with Gasteiger partial charge in [0.15, 0.2) is 6.29 Å². The van der Waals surface area contributed by atoms with Gasteiger partial charge in [0.1, 0.15) is 12.9 Å². The number of hydrogen-bond acceptors (Lipinski definition) is 6. The van der Waals surface area contributed by atoms with Gasteiger partial charge >= 0.3 is 0 Å². The summed E-state index contributed by atoms with van der Waals surface area (Å²) >= 11 is 0. The molecule has 0 bridgehead atoms. The summed E-state index contributed by atoms with van der Waals surface area (Å²) in [4.78, 5) is 9.73. The number of ether oxygens (including phenoxy) is 1. The van der Waals surface area contributed by atoms with Crippen molar-refractivity contribution in [2.45, 2.75) is 12.4 Å². The normalized spacial score (nSPS) is 16.3. The van der Waals surface area contributed by atoms with Crippen molar-refractivity contribution in [2.24, 2.45) is 0 Å². The van der Waals surface area contributed by atoms with E-state index >= 15 is 0 Å². The van der Waals surface area contributed by atoms with Crippen LogP contribution in [-0.4, -0.2) is 40.5 Å². The minimum Gasteiger partial charge on any atom is -0.547 e. The lowest BCUT2D eigenvalue weighted by atomic mass is 10.3. The van der Waals surface area contributed by atoms with Gasteiger partial charge in [-0.05, 0) is 0 Å². The van der Waals surface area contributed by atoms with Gasteiger partial charge in [-0.1, -0.05) is 0 Å². The number of carbonyl (C=O) groups excluding carboxylic acids is 1. The molecule has 0 rings (SSSR count).